The van der Waals surface area contributed by atoms with Gasteiger partial charge in [-0.2, -0.15) is 0 Å². The fourth-order valence-corrected chi connectivity index (χ4v) is 4.64. The van der Waals surface area contributed by atoms with Crippen LogP contribution >= 0.6 is 11.3 Å². The Labute approximate surface area is 160 Å². The lowest BCUT2D eigenvalue weighted by molar-refractivity contribution is 0.0269. The number of rotatable bonds is 5. The van der Waals surface area contributed by atoms with Crippen LogP contribution in [0.4, 0.5) is 4.79 Å². The van der Waals surface area contributed by atoms with Gasteiger partial charge in [0.15, 0.2) is 0 Å². The van der Waals surface area contributed by atoms with E-state index in [4.69, 9.17) is 4.74 Å². The second kappa shape index (κ2) is 8.69. The lowest BCUT2D eigenvalue weighted by Gasteiger charge is -2.39. The molecule has 2 N–H and O–H groups in total. The van der Waals surface area contributed by atoms with Gasteiger partial charge in [-0.25, -0.2) is 4.79 Å². The average molecular weight is 382 g/mol. The van der Waals surface area contributed by atoms with Crippen molar-refractivity contribution in [2.24, 2.45) is 5.92 Å². The minimum Gasteiger partial charge on any atom is -0.387 e. The first kappa shape index (κ1) is 19.6. The number of piperidine rings is 1. The van der Waals surface area contributed by atoms with Crippen molar-refractivity contribution in [3.8, 4) is 0 Å². The molecule has 2 aliphatic heterocycles. The number of carbonyl (C=O) groups excluding carboxylic acids is 1. The molecule has 2 aliphatic rings. The zero-order chi connectivity index (χ0) is 18.6. The predicted octanol–water partition coefficient (Wildman–Crippen LogP) is 2.31. The van der Waals surface area contributed by atoms with E-state index in [2.05, 4.69) is 24.1 Å². The molecule has 0 aliphatic carbocycles. The van der Waals surface area contributed by atoms with E-state index in [1.807, 2.05) is 22.4 Å². The van der Waals surface area contributed by atoms with Crippen molar-refractivity contribution in [3.05, 3.63) is 22.4 Å². The number of nitrogens with one attached hydrogen (secondary N) is 1. The molecule has 0 saturated carbocycles. The Morgan fingerprint density at radius 1 is 1.35 bits per heavy atom. The zero-order valence-electron chi connectivity index (χ0n) is 15.8. The third-order valence-corrected chi connectivity index (χ3v) is 6.22. The lowest BCUT2D eigenvalue weighted by atomic mass is 9.90. The molecule has 3 heterocycles. The summed E-state index contributed by atoms with van der Waals surface area (Å²) < 4.78 is 5.39. The van der Waals surface area contributed by atoms with Crippen LogP contribution in [0, 0.1) is 5.92 Å². The summed E-state index contributed by atoms with van der Waals surface area (Å²) in [5.74, 6) is 0.235. The number of amides is 2. The average Bonchev–Trinajstić information content (AvgIpc) is 3.16. The van der Waals surface area contributed by atoms with Crippen molar-refractivity contribution in [1.29, 1.82) is 0 Å². The van der Waals surface area contributed by atoms with E-state index >= 15 is 0 Å². The number of hydrogen-bond acceptors (Lipinski definition) is 5. The Balaban J connectivity index is 1.45. The number of hydrogen-bond donors (Lipinski definition) is 2. The first-order chi connectivity index (χ1) is 12.4. The Kier molecular flexibility index (Phi) is 6.55. The highest BCUT2D eigenvalue weighted by Crippen LogP contribution is 2.32. The summed E-state index contributed by atoms with van der Waals surface area (Å²) in [6, 6.07) is 3.97. The SMILES string of the molecule is CC(C)(CN1CCOCC1)NC(=O)N1CCC([C@@H](O)c2cccs2)CC1. The third kappa shape index (κ3) is 5.19. The van der Waals surface area contributed by atoms with Crippen molar-refractivity contribution in [3.63, 3.8) is 0 Å². The number of nitrogens with zero attached hydrogens (tertiary/aromatic N) is 2. The van der Waals surface area contributed by atoms with E-state index < -0.39 is 6.10 Å². The van der Waals surface area contributed by atoms with E-state index in [-0.39, 0.29) is 17.5 Å². The fraction of sp³-hybridized carbons (Fsp3) is 0.737. The summed E-state index contributed by atoms with van der Waals surface area (Å²) >= 11 is 1.60. The largest absolute Gasteiger partial charge is 0.387 e. The topological polar surface area (TPSA) is 65.0 Å². The molecule has 3 rings (SSSR count). The first-order valence-electron chi connectivity index (χ1n) is 9.53. The molecule has 0 aromatic carbocycles. The van der Waals surface area contributed by atoms with Gasteiger partial charge in [0.25, 0.3) is 0 Å². The van der Waals surface area contributed by atoms with Crippen LogP contribution in [0.25, 0.3) is 0 Å². The fourth-order valence-electron chi connectivity index (χ4n) is 3.84. The van der Waals surface area contributed by atoms with Crippen molar-refractivity contribution in [1.82, 2.24) is 15.1 Å². The van der Waals surface area contributed by atoms with Crippen LogP contribution in [-0.4, -0.2) is 72.4 Å². The number of aliphatic hydroxyl groups excluding tert-OH is 1. The Morgan fingerprint density at radius 2 is 2.04 bits per heavy atom. The molecular weight excluding hydrogens is 350 g/mol. The van der Waals surface area contributed by atoms with Crippen molar-refractivity contribution >= 4 is 17.4 Å². The molecule has 146 valence electrons. The lowest BCUT2D eigenvalue weighted by Crippen LogP contribution is -2.57. The maximum atomic E-state index is 12.7. The monoisotopic (exact) mass is 381 g/mol. The molecule has 7 heteroatoms. The van der Waals surface area contributed by atoms with Gasteiger partial charge in [0.2, 0.25) is 0 Å². The van der Waals surface area contributed by atoms with Crippen LogP contribution < -0.4 is 5.32 Å². The molecule has 0 spiro atoms. The van der Waals surface area contributed by atoms with Gasteiger partial charge >= 0.3 is 6.03 Å². The van der Waals surface area contributed by atoms with Crippen LogP contribution in [0.2, 0.25) is 0 Å². The molecule has 2 saturated heterocycles. The Hall–Kier alpha value is -1.15. The molecular formula is C19H31N3O3S. The number of ether oxygens (including phenoxy) is 1. The van der Waals surface area contributed by atoms with Crippen molar-refractivity contribution < 1.29 is 14.6 Å². The smallest absolute Gasteiger partial charge is 0.317 e. The van der Waals surface area contributed by atoms with Gasteiger partial charge in [0.05, 0.1) is 19.3 Å². The summed E-state index contributed by atoms with van der Waals surface area (Å²) in [4.78, 5) is 17.9. The molecule has 26 heavy (non-hydrogen) atoms. The van der Waals surface area contributed by atoms with Gasteiger partial charge < -0.3 is 20.1 Å². The van der Waals surface area contributed by atoms with Crippen molar-refractivity contribution in [2.45, 2.75) is 38.3 Å². The molecule has 1 atom stereocenters. The molecule has 0 radical (unpaired) electrons. The Bertz CT molecular complexity index is 565. The standard InChI is InChI=1S/C19H31N3O3S/c1-19(2,14-21-9-11-25-12-10-21)20-18(24)22-7-5-15(6-8-22)17(23)16-4-3-13-26-16/h3-4,13,15,17,23H,5-12,14H2,1-2H3,(H,20,24)/t17-/m1/s1. The van der Waals surface area contributed by atoms with Gasteiger partial charge in [0.1, 0.15) is 0 Å². The molecule has 2 amide bonds. The van der Waals surface area contributed by atoms with E-state index in [0.29, 0.717) is 13.1 Å². The highest BCUT2D eigenvalue weighted by atomic mass is 32.1. The number of morpholine rings is 1. The van der Waals surface area contributed by atoms with Crippen LogP contribution in [0.3, 0.4) is 0 Å². The van der Waals surface area contributed by atoms with Crippen LogP contribution in [-0.2, 0) is 4.74 Å². The molecule has 1 aromatic heterocycles. The maximum absolute atomic E-state index is 12.7. The molecule has 6 nitrogen and oxygen atoms in total. The van der Waals surface area contributed by atoms with Gasteiger partial charge in [-0.1, -0.05) is 6.07 Å². The van der Waals surface area contributed by atoms with E-state index in [0.717, 1.165) is 50.6 Å². The normalized spacial score (nSPS) is 21.6. The van der Waals surface area contributed by atoms with Gasteiger partial charge in [-0.15, -0.1) is 11.3 Å². The summed E-state index contributed by atoms with van der Waals surface area (Å²) in [7, 11) is 0. The van der Waals surface area contributed by atoms with Gasteiger partial charge in [0, 0.05) is 43.1 Å². The number of likely N-dealkylation sites (tertiary alicyclic amines) is 1. The van der Waals surface area contributed by atoms with E-state index in [1.165, 1.54) is 0 Å². The van der Waals surface area contributed by atoms with Gasteiger partial charge in [-0.05, 0) is 44.1 Å². The number of thiophene rings is 1. The van der Waals surface area contributed by atoms with Crippen LogP contribution in [0.5, 0.6) is 0 Å². The number of carbonyl (C=O) groups is 1. The quantitative estimate of drug-likeness (QED) is 0.822. The molecule has 0 bridgehead atoms. The second-order valence-electron chi connectivity index (χ2n) is 7.99. The summed E-state index contributed by atoms with van der Waals surface area (Å²) in [6.45, 7) is 9.76. The van der Waals surface area contributed by atoms with Crippen LogP contribution in [0.15, 0.2) is 17.5 Å². The third-order valence-electron chi connectivity index (χ3n) is 5.28. The minimum absolute atomic E-state index is 0.00678. The predicted molar refractivity (Wildman–Crippen MR) is 103 cm³/mol. The Morgan fingerprint density at radius 3 is 2.65 bits per heavy atom. The molecule has 0 unspecified atom stereocenters. The maximum Gasteiger partial charge on any atom is 0.317 e. The number of urea groups is 1. The van der Waals surface area contributed by atoms with E-state index in [9.17, 15) is 9.90 Å². The minimum atomic E-state index is -0.405. The molecule has 2 fully saturated rings. The molecule has 1 aromatic rings. The second-order valence-corrected chi connectivity index (χ2v) is 8.97. The highest BCUT2D eigenvalue weighted by molar-refractivity contribution is 7.10. The summed E-state index contributed by atoms with van der Waals surface area (Å²) in [6.07, 6.45) is 1.28. The highest BCUT2D eigenvalue weighted by Gasteiger charge is 2.31. The first-order valence-corrected chi connectivity index (χ1v) is 10.4. The van der Waals surface area contributed by atoms with Crippen LogP contribution in [0.1, 0.15) is 37.7 Å². The number of aliphatic hydroxyl groups is 1. The van der Waals surface area contributed by atoms with Gasteiger partial charge in [-0.3, -0.25) is 4.90 Å². The van der Waals surface area contributed by atoms with E-state index in [1.54, 1.807) is 11.3 Å². The zero-order valence-corrected chi connectivity index (χ0v) is 16.6. The summed E-state index contributed by atoms with van der Waals surface area (Å²) in [5, 5.41) is 15.7. The van der Waals surface area contributed by atoms with Crippen molar-refractivity contribution in [2.75, 3.05) is 45.9 Å². The summed E-state index contributed by atoms with van der Waals surface area (Å²) in [5.41, 5.74) is -0.276.